The van der Waals surface area contributed by atoms with Crippen LogP contribution in [0.5, 0.6) is 0 Å². The summed E-state index contributed by atoms with van der Waals surface area (Å²) in [6.45, 7) is 6.95. The van der Waals surface area contributed by atoms with Crippen LogP contribution in [-0.2, 0) is 23.7 Å². The van der Waals surface area contributed by atoms with E-state index < -0.39 is 16.8 Å². The molecular weight excluding hydrogens is 372 g/mol. The lowest BCUT2D eigenvalue weighted by Crippen LogP contribution is -2.76. The highest BCUT2D eigenvalue weighted by Gasteiger charge is 2.78. The lowest BCUT2D eigenvalue weighted by atomic mass is 9.42. The monoisotopic (exact) mass is 404 g/mol. The maximum Gasteiger partial charge on any atom is 0.171 e. The number of carbonyl (C=O) groups is 1. The van der Waals surface area contributed by atoms with Gasteiger partial charge in [0.1, 0.15) is 6.11 Å². The Morgan fingerprint density at radius 3 is 2.79 bits per heavy atom. The summed E-state index contributed by atoms with van der Waals surface area (Å²) >= 11 is 0. The zero-order valence-corrected chi connectivity index (χ0v) is 18.0. The molecule has 5 rings (SSSR count). The highest BCUT2D eigenvalue weighted by Crippen LogP contribution is 2.72. The van der Waals surface area contributed by atoms with Gasteiger partial charge < -0.3 is 24.1 Å². The van der Waals surface area contributed by atoms with Gasteiger partial charge in [0.15, 0.2) is 17.2 Å². The van der Waals surface area contributed by atoms with Gasteiger partial charge in [-0.05, 0) is 56.1 Å². The standard InChI is InChI=1S/C23H32O6/c1-6-28-10-8-22-14(2)11-18(24)17-13-23(25,29-22)16-12-19(27-5)15(7-9-26-4)20(16)21(17,22)3/h11,15-17,19-20,25H,6-7,9,12-13H2,1-5H3/t15-,16-,17+,19-,20+,21-,22-,23+/m0/s1. The number of aliphatic hydroxyl groups is 1. The first kappa shape index (κ1) is 20.9. The fourth-order valence-electron chi connectivity index (χ4n) is 6.94. The second kappa shape index (κ2) is 7.09. The smallest absolute Gasteiger partial charge is 0.171 e. The van der Waals surface area contributed by atoms with Crippen molar-refractivity contribution in [2.75, 3.05) is 27.4 Å². The van der Waals surface area contributed by atoms with Gasteiger partial charge in [0.05, 0.1) is 12.7 Å². The second-order valence-corrected chi connectivity index (χ2v) is 9.14. The summed E-state index contributed by atoms with van der Waals surface area (Å²) in [4.78, 5) is 13.1. The van der Waals surface area contributed by atoms with Crippen molar-refractivity contribution in [3.63, 3.8) is 0 Å². The summed E-state index contributed by atoms with van der Waals surface area (Å²) < 4.78 is 23.1. The van der Waals surface area contributed by atoms with Gasteiger partial charge in [-0.15, -0.1) is 0 Å². The first-order chi connectivity index (χ1) is 13.8. The Labute approximate surface area is 172 Å². The largest absolute Gasteiger partial charge is 0.447 e. The van der Waals surface area contributed by atoms with E-state index in [4.69, 9.17) is 18.9 Å². The number of methoxy groups -OCH3 is 2. The Hall–Kier alpha value is -1.39. The summed E-state index contributed by atoms with van der Waals surface area (Å²) in [5.74, 6) is 1.60. The first-order valence-corrected chi connectivity index (χ1v) is 10.6. The minimum atomic E-state index is -1.40. The highest BCUT2D eigenvalue weighted by molar-refractivity contribution is 5.96. The van der Waals surface area contributed by atoms with Crippen LogP contribution in [0.4, 0.5) is 0 Å². The molecule has 29 heavy (non-hydrogen) atoms. The molecule has 6 nitrogen and oxygen atoms in total. The SMILES string of the molecule is CCOC#C[C@]12O[C@]3(O)C[C@H](C(=O)C=C1C)[C@@]2(C)[C@@H]1[C@@H](CCOC)[C@@H](OC)C[C@@H]13. The highest BCUT2D eigenvalue weighted by atomic mass is 16.6. The summed E-state index contributed by atoms with van der Waals surface area (Å²) in [6, 6.07) is 0. The van der Waals surface area contributed by atoms with E-state index >= 15 is 0 Å². The van der Waals surface area contributed by atoms with Crippen LogP contribution < -0.4 is 0 Å². The average molecular weight is 405 g/mol. The second-order valence-electron chi connectivity index (χ2n) is 9.14. The number of rotatable bonds is 5. The predicted octanol–water partition coefficient (Wildman–Crippen LogP) is 2.30. The molecule has 160 valence electrons. The molecule has 5 aliphatic rings. The molecule has 3 aliphatic carbocycles. The lowest BCUT2D eigenvalue weighted by molar-refractivity contribution is -0.392. The molecular formula is C23H32O6. The Morgan fingerprint density at radius 2 is 2.14 bits per heavy atom. The fraction of sp³-hybridized carbons (Fsp3) is 0.783. The summed E-state index contributed by atoms with van der Waals surface area (Å²) in [6.07, 6.45) is 6.25. The number of ether oxygens (including phenoxy) is 4. The van der Waals surface area contributed by atoms with Gasteiger partial charge in [0.25, 0.3) is 0 Å². The van der Waals surface area contributed by atoms with Crippen molar-refractivity contribution in [2.24, 2.45) is 29.1 Å². The van der Waals surface area contributed by atoms with E-state index in [0.717, 1.165) is 12.0 Å². The fourth-order valence-corrected chi connectivity index (χ4v) is 6.94. The molecule has 0 radical (unpaired) electrons. The minimum absolute atomic E-state index is 0.0113. The third kappa shape index (κ3) is 2.61. The average Bonchev–Trinajstić information content (AvgIpc) is 3.08. The number of allylic oxidation sites excluding steroid dienone is 1. The van der Waals surface area contributed by atoms with Crippen molar-refractivity contribution >= 4 is 5.78 Å². The van der Waals surface area contributed by atoms with Crippen molar-refractivity contribution in [3.8, 4) is 12.0 Å². The molecule has 0 unspecified atom stereocenters. The van der Waals surface area contributed by atoms with E-state index in [1.54, 1.807) is 20.3 Å². The molecule has 4 fully saturated rings. The predicted molar refractivity (Wildman–Crippen MR) is 106 cm³/mol. The zero-order chi connectivity index (χ0) is 21.0. The van der Waals surface area contributed by atoms with E-state index in [2.05, 4.69) is 19.0 Å². The lowest BCUT2D eigenvalue weighted by Gasteiger charge is -2.69. The van der Waals surface area contributed by atoms with Crippen molar-refractivity contribution in [3.05, 3.63) is 11.6 Å². The molecule has 4 bridgehead atoms. The summed E-state index contributed by atoms with van der Waals surface area (Å²) in [5.41, 5.74) is -0.882. The third-order valence-electron chi connectivity index (χ3n) is 8.10. The normalized spacial score (nSPS) is 47.3. The molecule has 0 aromatic heterocycles. The Morgan fingerprint density at radius 1 is 1.38 bits per heavy atom. The van der Waals surface area contributed by atoms with Gasteiger partial charge in [0.2, 0.25) is 0 Å². The third-order valence-corrected chi connectivity index (χ3v) is 8.10. The molecule has 2 heterocycles. The Balaban J connectivity index is 1.90. The topological polar surface area (TPSA) is 74.2 Å². The van der Waals surface area contributed by atoms with E-state index in [9.17, 15) is 9.90 Å². The maximum absolute atomic E-state index is 13.1. The zero-order valence-electron chi connectivity index (χ0n) is 18.0. The van der Waals surface area contributed by atoms with E-state index in [-0.39, 0.29) is 35.6 Å². The Bertz CT molecular complexity index is 780. The first-order valence-electron chi connectivity index (χ1n) is 10.6. The quantitative estimate of drug-likeness (QED) is 0.709. The maximum atomic E-state index is 13.1. The van der Waals surface area contributed by atoms with Gasteiger partial charge in [-0.2, -0.15) is 0 Å². The molecule has 8 atom stereocenters. The van der Waals surface area contributed by atoms with Crippen LogP contribution in [0, 0.1) is 41.1 Å². The van der Waals surface area contributed by atoms with Crippen LogP contribution in [0.15, 0.2) is 11.6 Å². The molecule has 2 aliphatic heterocycles. The Kier molecular flexibility index (Phi) is 5.10. The van der Waals surface area contributed by atoms with Gasteiger partial charge in [-0.1, -0.05) is 6.92 Å². The van der Waals surface area contributed by atoms with Gasteiger partial charge in [-0.3, -0.25) is 4.79 Å². The molecule has 6 heteroatoms. The van der Waals surface area contributed by atoms with Crippen LogP contribution in [0.25, 0.3) is 0 Å². The van der Waals surface area contributed by atoms with Gasteiger partial charge in [0, 0.05) is 44.5 Å². The molecule has 0 aromatic rings. The van der Waals surface area contributed by atoms with Crippen molar-refractivity contribution in [1.29, 1.82) is 0 Å². The van der Waals surface area contributed by atoms with Crippen LogP contribution in [0.3, 0.4) is 0 Å². The molecule has 2 saturated heterocycles. The molecule has 1 N–H and O–H groups in total. The van der Waals surface area contributed by atoms with E-state index in [0.29, 0.717) is 26.1 Å². The van der Waals surface area contributed by atoms with Crippen molar-refractivity contribution in [1.82, 2.24) is 0 Å². The van der Waals surface area contributed by atoms with Crippen LogP contribution in [-0.4, -0.2) is 55.8 Å². The van der Waals surface area contributed by atoms with Gasteiger partial charge >= 0.3 is 0 Å². The van der Waals surface area contributed by atoms with Crippen LogP contribution >= 0.6 is 0 Å². The number of hydrogen-bond acceptors (Lipinski definition) is 6. The molecule has 0 aromatic carbocycles. The minimum Gasteiger partial charge on any atom is -0.447 e. The van der Waals surface area contributed by atoms with Crippen molar-refractivity contribution < 1.29 is 28.8 Å². The molecule has 0 amide bonds. The van der Waals surface area contributed by atoms with E-state index in [1.165, 1.54) is 0 Å². The molecule has 2 saturated carbocycles. The number of carbonyl (C=O) groups excluding carboxylic acids is 1. The van der Waals surface area contributed by atoms with Crippen molar-refractivity contribution in [2.45, 2.75) is 57.5 Å². The summed E-state index contributed by atoms with van der Waals surface area (Å²) in [5, 5.41) is 11.7. The van der Waals surface area contributed by atoms with E-state index in [1.807, 2.05) is 13.8 Å². The number of hydrogen-bond donors (Lipinski definition) is 1. The summed E-state index contributed by atoms with van der Waals surface area (Å²) in [7, 11) is 3.42. The van der Waals surface area contributed by atoms with Gasteiger partial charge in [-0.25, -0.2) is 0 Å². The molecule has 0 spiro atoms. The van der Waals surface area contributed by atoms with Crippen LogP contribution in [0.2, 0.25) is 0 Å². The van der Waals surface area contributed by atoms with Crippen LogP contribution in [0.1, 0.15) is 40.0 Å². The number of ketones is 1.